The number of pyridine rings is 1. The Hall–Kier alpha value is -3.16. The fourth-order valence-corrected chi connectivity index (χ4v) is 4.81. The third-order valence-corrected chi connectivity index (χ3v) is 6.94. The van der Waals surface area contributed by atoms with Gasteiger partial charge in [-0.25, -0.2) is 9.67 Å². The number of piperazine rings is 1. The van der Waals surface area contributed by atoms with Gasteiger partial charge in [-0.1, -0.05) is 6.42 Å². The van der Waals surface area contributed by atoms with E-state index in [0.717, 1.165) is 41.7 Å². The number of amides is 2. The van der Waals surface area contributed by atoms with Crippen LogP contribution in [0.1, 0.15) is 61.0 Å². The van der Waals surface area contributed by atoms with Gasteiger partial charge in [0, 0.05) is 43.7 Å². The van der Waals surface area contributed by atoms with Crippen molar-refractivity contribution in [3.8, 4) is 11.3 Å². The van der Waals surface area contributed by atoms with Gasteiger partial charge in [0.25, 0.3) is 5.91 Å². The standard InChI is InChI=1S/C25H31N5O3/c1-15(2)30-23-21(14-26-30)20(13-22(27-23)19-12-16(3)33-17(19)4)25(32)29-10-8-28(9-11-29)24(31)18-6-5-7-18/h12-15,18H,5-11H2,1-4H3. The summed E-state index contributed by atoms with van der Waals surface area (Å²) in [5, 5.41) is 5.28. The van der Waals surface area contributed by atoms with Gasteiger partial charge in [0.1, 0.15) is 11.5 Å². The molecule has 0 aromatic carbocycles. The molecule has 1 aliphatic heterocycles. The second kappa shape index (κ2) is 8.32. The minimum atomic E-state index is -0.0411. The van der Waals surface area contributed by atoms with E-state index in [0.29, 0.717) is 43.1 Å². The van der Waals surface area contributed by atoms with Gasteiger partial charge in [0.05, 0.1) is 22.8 Å². The molecule has 0 N–H and O–H groups in total. The van der Waals surface area contributed by atoms with Crippen molar-refractivity contribution >= 4 is 22.8 Å². The number of carbonyl (C=O) groups is 2. The maximum absolute atomic E-state index is 13.7. The summed E-state index contributed by atoms with van der Waals surface area (Å²) in [5.41, 5.74) is 2.89. The first kappa shape index (κ1) is 21.7. The van der Waals surface area contributed by atoms with Crippen LogP contribution >= 0.6 is 0 Å². The Balaban J connectivity index is 1.47. The number of furan rings is 1. The summed E-state index contributed by atoms with van der Waals surface area (Å²) in [7, 11) is 0. The molecule has 1 saturated carbocycles. The molecule has 0 unspecified atom stereocenters. The number of aromatic nitrogens is 3. The summed E-state index contributed by atoms with van der Waals surface area (Å²) in [6.07, 6.45) is 4.89. The van der Waals surface area contributed by atoms with Gasteiger partial charge < -0.3 is 14.2 Å². The van der Waals surface area contributed by atoms with E-state index in [1.807, 2.05) is 54.3 Å². The van der Waals surface area contributed by atoms with Gasteiger partial charge in [-0.2, -0.15) is 5.10 Å². The Kier molecular flexibility index (Phi) is 5.46. The van der Waals surface area contributed by atoms with Crippen LogP contribution in [0.25, 0.3) is 22.3 Å². The van der Waals surface area contributed by atoms with Crippen LogP contribution in [0.15, 0.2) is 22.7 Å². The van der Waals surface area contributed by atoms with E-state index in [2.05, 4.69) is 5.10 Å². The van der Waals surface area contributed by atoms with Gasteiger partial charge in [-0.15, -0.1) is 0 Å². The Morgan fingerprint density at radius 1 is 1.06 bits per heavy atom. The minimum Gasteiger partial charge on any atom is -0.466 e. The van der Waals surface area contributed by atoms with Crippen LogP contribution in [0.5, 0.6) is 0 Å². The van der Waals surface area contributed by atoms with Crippen molar-refractivity contribution in [2.24, 2.45) is 5.92 Å². The van der Waals surface area contributed by atoms with E-state index in [1.165, 1.54) is 0 Å². The van der Waals surface area contributed by atoms with Gasteiger partial charge in [-0.3, -0.25) is 9.59 Å². The summed E-state index contributed by atoms with van der Waals surface area (Å²) in [6.45, 7) is 10.2. The third-order valence-electron chi connectivity index (χ3n) is 6.94. The number of aryl methyl sites for hydroxylation is 2. The molecule has 33 heavy (non-hydrogen) atoms. The highest BCUT2D eigenvalue weighted by molar-refractivity contribution is 6.06. The molecule has 2 amide bonds. The van der Waals surface area contributed by atoms with Gasteiger partial charge in [-0.05, 0) is 52.7 Å². The minimum absolute atomic E-state index is 0.0411. The Labute approximate surface area is 193 Å². The normalized spacial score (nSPS) is 17.1. The van der Waals surface area contributed by atoms with Crippen LogP contribution in [0.3, 0.4) is 0 Å². The summed E-state index contributed by atoms with van der Waals surface area (Å²) < 4.78 is 7.58. The Bertz CT molecular complexity index is 1210. The molecule has 1 saturated heterocycles. The Morgan fingerprint density at radius 2 is 1.76 bits per heavy atom. The number of nitrogens with zero attached hydrogens (tertiary/aromatic N) is 5. The molecular formula is C25H31N5O3. The van der Waals surface area contributed by atoms with Gasteiger partial charge in [0.15, 0.2) is 5.65 Å². The van der Waals surface area contributed by atoms with Crippen molar-refractivity contribution in [2.45, 2.75) is 53.0 Å². The topological polar surface area (TPSA) is 84.5 Å². The van der Waals surface area contributed by atoms with Crippen molar-refractivity contribution in [1.29, 1.82) is 0 Å². The predicted octanol–water partition coefficient (Wildman–Crippen LogP) is 3.97. The zero-order valence-corrected chi connectivity index (χ0v) is 19.8. The highest BCUT2D eigenvalue weighted by Gasteiger charge is 2.33. The lowest BCUT2D eigenvalue weighted by molar-refractivity contribution is -0.139. The van der Waals surface area contributed by atoms with E-state index in [1.54, 1.807) is 6.20 Å². The van der Waals surface area contributed by atoms with Crippen molar-refractivity contribution in [2.75, 3.05) is 26.2 Å². The first-order chi connectivity index (χ1) is 15.8. The lowest BCUT2D eigenvalue weighted by Crippen LogP contribution is -2.52. The van der Waals surface area contributed by atoms with Crippen molar-refractivity contribution in [1.82, 2.24) is 24.6 Å². The fraction of sp³-hybridized carbons (Fsp3) is 0.520. The SMILES string of the molecule is Cc1cc(-c2cc(C(=O)N3CCN(C(=O)C4CCC4)CC3)c3cnn(C(C)C)c3n2)c(C)o1. The zero-order chi connectivity index (χ0) is 23.3. The second-order valence-corrected chi connectivity index (χ2v) is 9.55. The number of fused-ring (bicyclic) bond motifs is 1. The van der Waals surface area contributed by atoms with Crippen LogP contribution in [0, 0.1) is 19.8 Å². The molecule has 3 aromatic rings. The average molecular weight is 450 g/mol. The second-order valence-electron chi connectivity index (χ2n) is 9.55. The lowest BCUT2D eigenvalue weighted by atomic mass is 9.84. The van der Waals surface area contributed by atoms with Crippen molar-refractivity contribution in [3.05, 3.63) is 35.4 Å². The van der Waals surface area contributed by atoms with Crippen LogP contribution in [-0.4, -0.2) is 62.6 Å². The summed E-state index contributed by atoms with van der Waals surface area (Å²) in [6, 6.07) is 3.93. The van der Waals surface area contributed by atoms with Gasteiger partial charge >= 0.3 is 0 Å². The lowest BCUT2D eigenvalue weighted by Gasteiger charge is -2.38. The average Bonchev–Trinajstić information content (AvgIpc) is 3.33. The maximum atomic E-state index is 13.7. The number of carbonyl (C=O) groups excluding carboxylic acids is 2. The van der Waals surface area contributed by atoms with E-state index in [9.17, 15) is 9.59 Å². The first-order valence-electron chi connectivity index (χ1n) is 11.9. The molecule has 3 aromatic heterocycles. The number of hydrogen-bond acceptors (Lipinski definition) is 5. The first-order valence-corrected chi connectivity index (χ1v) is 11.9. The van der Waals surface area contributed by atoms with Crippen molar-refractivity contribution < 1.29 is 14.0 Å². The largest absolute Gasteiger partial charge is 0.466 e. The molecule has 5 rings (SSSR count). The molecule has 0 radical (unpaired) electrons. The summed E-state index contributed by atoms with van der Waals surface area (Å²) in [5.74, 6) is 1.99. The predicted molar refractivity (Wildman–Crippen MR) is 125 cm³/mol. The maximum Gasteiger partial charge on any atom is 0.254 e. The third kappa shape index (κ3) is 3.81. The zero-order valence-electron chi connectivity index (χ0n) is 19.8. The van der Waals surface area contributed by atoms with Crippen LogP contribution < -0.4 is 0 Å². The van der Waals surface area contributed by atoms with E-state index < -0.39 is 0 Å². The van der Waals surface area contributed by atoms with Gasteiger partial charge in [0.2, 0.25) is 5.91 Å². The highest BCUT2D eigenvalue weighted by atomic mass is 16.3. The molecule has 0 bridgehead atoms. The fourth-order valence-electron chi connectivity index (χ4n) is 4.81. The van der Waals surface area contributed by atoms with E-state index in [-0.39, 0.29) is 23.8 Å². The molecule has 1 aliphatic carbocycles. The molecule has 4 heterocycles. The summed E-state index contributed by atoms with van der Waals surface area (Å²) in [4.78, 5) is 34.9. The number of hydrogen-bond donors (Lipinski definition) is 0. The Morgan fingerprint density at radius 3 is 2.33 bits per heavy atom. The molecule has 8 nitrogen and oxygen atoms in total. The molecule has 0 spiro atoms. The molecule has 0 atom stereocenters. The van der Waals surface area contributed by atoms with E-state index >= 15 is 0 Å². The van der Waals surface area contributed by atoms with Crippen LogP contribution in [0.4, 0.5) is 0 Å². The molecule has 174 valence electrons. The number of rotatable bonds is 4. The summed E-state index contributed by atoms with van der Waals surface area (Å²) >= 11 is 0. The monoisotopic (exact) mass is 449 g/mol. The van der Waals surface area contributed by atoms with Crippen molar-refractivity contribution in [3.63, 3.8) is 0 Å². The quantitative estimate of drug-likeness (QED) is 0.602. The molecule has 2 fully saturated rings. The highest BCUT2D eigenvalue weighted by Crippen LogP contribution is 2.31. The molecular weight excluding hydrogens is 418 g/mol. The molecule has 2 aliphatic rings. The van der Waals surface area contributed by atoms with E-state index in [4.69, 9.17) is 9.40 Å². The molecule has 8 heteroatoms. The smallest absolute Gasteiger partial charge is 0.254 e. The van der Waals surface area contributed by atoms with Crippen LogP contribution in [-0.2, 0) is 4.79 Å². The van der Waals surface area contributed by atoms with Crippen LogP contribution in [0.2, 0.25) is 0 Å².